The van der Waals surface area contributed by atoms with Crippen molar-refractivity contribution >= 4 is 21.8 Å². The van der Waals surface area contributed by atoms with Crippen LogP contribution in [-0.2, 0) is 0 Å². The molecule has 4 nitrogen and oxygen atoms in total. The minimum absolute atomic E-state index is 0.102. The van der Waals surface area contributed by atoms with Crippen molar-refractivity contribution in [1.29, 1.82) is 0 Å². The minimum atomic E-state index is -0.102. The maximum absolute atomic E-state index is 11.9. The molecule has 0 spiro atoms. The second-order valence-corrected chi connectivity index (χ2v) is 4.73. The fourth-order valence-corrected chi connectivity index (χ4v) is 1.88. The lowest BCUT2D eigenvalue weighted by Crippen LogP contribution is -2.39. The molecule has 16 heavy (non-hydrogen) atoms. The number of rotatable bonds is 4. The van der Waals surface area contributed by atoms with Gasteiger partial charge in [-0.05, 0) is 49.1 Å². The zero-order valence-electron chi connectivity index (χ0n) is 9.70. The molecule has 0 aliphatic heterocycles. The summed E-state index contributed by atoms with van der Waals surface area (Å²) >= 11 is 3.26. The Morgan fingerprint density at radius 1 is 1.62 bits per heavy atom. The van der Waals surface area contributed by atoms with Crippen LogP contribution in [0.1, 0.15) is 17.3 Å². The molecule has 1 heterocycles. The highest BCUT2D eigenvalue weighted by Crippen LogP contribution is 2.12. The molecular weight excluding hydrogens is 270 g/mol. The summed E-state index contributed by atoms with van der Waals surface area (Å²) in [4.78, 5) is 17.9. The van der Waals surface area contributed by atoms with Crippen LogP contribution >= 0.6 is 15.9 Å². The second kappa shape index (κ2) is 5.96. The first-order valence-electron chi connectivity index (χ1n) is 5.07. The predicted octanol–water partition coefficient (Wildman–Crippen LogP) is 1.52. The lowest BCUT2D eigenvalue weighted by Gasteiger charge is -2.18. The molecule has 5 heteroatoms. The van der Waals surface area contributed by atoms with Gasteiger partial charge in [-0.1, -0.05) is 0 Å². The smallest absolute Gasteiger partial charge is 0.254 e. The molecule has 0 radical (unpaired) electrons. The number of aromatic nitrogens is 1. The molecule has 0 aliphatic rings. The van der Waals surface area contributed by atoms with Gasteiger partial charge in [-0.15, -0.1) is 0 Å². The number of hydrogen-bond donors (Lipinski definition) is 1. The van der Waals surface area contributed by atoms with E-state index in [4.69, 9.17) is 0 Å². The van der Waals surface area contributed by atoms with E-state index in [-0.39, 0.29) is 11.9 Å². The van der Waals surface area contributed by atoms with Crippen molar-refractivity contribution < 1.29 is 4.79 Å². The molecule has 0 aromatic carbocycles. The summed E-state index contributed by atoms with van der Waals surface area (Å²) in [6.07, 6.45) is 1.64. The number of pyridine rings is 1. The van der Waals surface area contributed by atoms with Crippen molar-refractivity contribution in [3.63, 3.8) is 0 Å². The fourth-order valence-electron chi connectivity index (χ4n) is 1.45. The van der Waals surface area contributed by atoms with E-state index in [0.29, 0.717) is 10.2 Å². The van der Waals surface area contributed by atoms with Crippen LogP contribution in [0, 0.1) is 0 Å². The number of nitrogens with zero attached hydrogens (tertiary/aromatic N) is 2. The quantitative estimate of drug-likeness (QED) is 0.854. The number of hydrogen-bond acceptors (Lipinski definition) is 3. The molecule has 1 N–H and O–H groups in total. The summed E-state index contributed by atoms with van der Waals surface area (Å²) in [5.74, 6) is -0.102. The van der Waals surface area contributed by atoms with Gasteiger partial charge in [0.25, 0.3) is 5.91 Å². The molecule has 0 saturated carbocycles. The van der Waals surface area contributed by atoms with E-state index in [9.17, 15) is 4.79 Å². The molecule has 0 aliphatic carbocycles. The summed E-state index contributed by atoms with van der Waals surface area (Å²) in [6.45, 7) is 2.78. The van der Waals surface area contributed by atoms with E-state index < -0.39 is 0 Å². The van der Waals surface area contributed by atoms with Crippen LogP contribution in [0.4, 0.5) is 0 Å². The Labute approximate surface area is 104 Å². The van der Waals surface area contributed by atoms with Gasteiger partial charge in [0.05, 0.1) is 5.56 Å². The van der Waals surface area contributed by atoms with Crippen molar-refractivity contribution in [2.75, 3.05) is 20.6 Å². The molecule has 1 amide bonds. The van der Waals surface area contributed by atoms with Crippen molar-refractivity contribution in [2.45, 2.75) is 13.0 Å². The topological polar surface area (TPSA) is 45.2 Å². The monoisotopic (exact) mass is 285 g/mol. The van der Waals surface area contributed by atoms with Crippen LogP contribution in [0.15, 0.2) is 22.9 Å². The van der Waals surface area contributed by atoms with Gasteiger partial charge in [0.2, 0.25) is 0 Å². The van der Waals surface area contributed by atoms with E-state index in [0.717, 1.165) is 6.54 Å². The van der Waals surface area contributed by atoms with Crippen LogP contribution < -0.4 is 5.32 Å². The third kappa shape index (κ3) is 3.90. The van der Waals surface area contributed by atoms with E-state index in [1.807, 2.05) is 25.9 Å². The number of carbonyl (C=O) groups excluding carboxylic acids is 1. The molecule has 1 rings (SSSR count). The highest BCUT2D eigenvalue weighted by atomic mass is 79.9. The van der Waals surface area contributed by atoms with E-state index in [2.05, 4.69) is 26.2 Å². The first-order chi connectivity index (χ1) is 7.50. The molecular formula is C11H16BrN3O. The van der Waals surface area contributed by atoms with E-state index in [1.54, 1.807) is 18.3 Å². The molecule has 0 saturated heterocycles. The minimum Gasteiger partial charge on any atom is -0.348 e. The Hall–Kier alpha value is -0.940. The van der Waals surface area contributed by atoms with Gasteiger partial charge >= 0.3 is 0 Å². The lowest BCUT2D eigenvalue weighted by atomic mass is 10.2. The van der Waals surface area contributed by atoms with Crippen molar-refractivity contribution in [3.8, 4) is 0 Å². The largest absolute Gasteiger partial charge is 0.348 e. The van der Waals surface area contributed by atoms with Crippen LogP contribution in [0.25, 0.3) is 0 Å². The van der Waals surface area contributed by atoms with Gasteiger partial charge in [-0.2, -0.15) is 0 Å². The van der Waals surface area contributed by atoms with Gasteiger partial charge in [0.1, 0.15) is 4.60 Å². The molecule has 0 bridgehead atoms. The molecule has 0 fully saturated rings. The third-order valence-electron chi connectivity index (χ3n) is 2.02. The van der Waals surface area contributed by atoms with Crippen molar-refractivity contribution in [1.82, 2.24) is 15.2 Å². The highest BCUT2D eigenvalue weighted by Gasteiger charge is 2.13. The van der Waals surface area contributed by atoms with Gasteiger partial charge in [0, 0.05) is 18.8 Å². The summed E-state index contributed by atoms with van der Waals surface area (Å²) in [6, 6.07) is 3.60. The Bertz CT molecular complexity index is 368. The average molecular weight is 286 g/mol. The summed E-state index contributed by atoms with van der Waals surface area (Å²) in [7, 11) is 3.95. The molecule has 1 atom stereocenters. The zero-order chi connectivity index (χ0) is 12.1. The van der Waals surface area contributed by atoms with Crippen LogP contribution in [-0.4, -0.2) is 42.5 Å². The van der Waals surface area contributed by atoms with E-state index >= 15 is 0 Å². The first-order valence-corrected chi connectivity index (χ1v) is 5.86. The molecule has 1 unspecified atom stereocenters. The van der Waals surface area contributed by atoms with Crippen LogP contribution in [0.5, 0.6) is 0 Å². The second-order valence-electron chi connectivity index (χ2n) is 3.98. The third-order valence-corrected chi connectivity index (χ3v) is 2.65. The SMILES string of the molecule is CC(CN(C)C)NC(=O)c1cccnc1Br. The molecule has 1 aromatic heterocycles. The van der Waals surface area contributed by atoms with Gasteiger partial charge in [0.15, 0.2) is 0 Å². The van der Waals surface area contributed by atoms with Gasteiger partial charge < -0.3 is 10.2 Å². The van der Waals surface area contributed by atoms with Gasteiger partial charge in [-0.3, -0.25) is 4.79 Å². The Morgan fingerprint density at radius 2 is 2.31 bits per heavy atom. The number of likely N-dealkylation sites (N-methyl/N-ethyl adjacent to an activating group) is 1. The Kier molecular flexibility index (Phi) is 4.89. The number of halogens is 1. The number of nitrogens with one attached hydrogen (secondary N) is 1. The Morgan fingerprint density at radius 3 is 2.88 bits per heavy atom. The summed E-state index contributed by atoms with van der Waals surface area (Å²) < 4.78 is 0.574. The van der Waals surface area contributed by atoms with Crippen LogP contribution in [0.2, 0.25) is 0 Å². The lowest BCUT2D eigenvalue weighted by molar-refractivity contribution is 0.0933. The Balaban J connectivity index is 2.63. The maximum Gasteiger partial charge on any atom is 0.254 e. The van der Waals surface area contributed by atoms with Crippen LogP contribution in [0.3, 0.4) is 0 Å². The maximum atomic E-state index is 11.9. The molecule has 88 valence electrons. The first kappa shape index (κ1) is 13.1. The van der Waals surface area contributed by atoms with E-state index in [1.165, 1.54) is 0 Å². The predicted molar refractivity (Wildman–Crippen MR) is 67.4 cm³/mol. The summed E-state index contributed by atoms with van der Waals surface area (Å²) in [5, 5.41) is 2.92. The highest BCUT2D eigenvalue weighted by molar-refractivity contribution is 9.10. The number of amides is 1. The normalized spacial score (nSPS) is 12.6. The average Bonchev–Trinajstić information content (AvgIpc) is 2.16. The zero-order valence-corrected chi connectivity index (χ0v) is 11.3. The summed E-state index contributed by atoms with van der Waals surface area (Å²) in [5.41, 5.74) is 0.563. The van der Waals surface area contributed by atoms with Gasteiger partial charge in [-0.25, -0.2) is 4.98 Å². The fraction of sp³-hybridized carbons (Fsp3) is 0.455. The van der Waals surface area contributed by atoms with Crippen molar-refractivity contribution in [3.05, 3.63) is 28.5 Å². The standard InChI is InChI=1S/C11H16BrN3O/c1-8(7-15(2)3)14-11(16)9-5-4-6-13-10(9)12/h4-6,8H,7H2,1-3H3,(H,14,16). The molecule has 1 aromatic rings. The van der Waals surface area contributed by atoms with Crippen molar-refractivity contribution in [2.24, 2.45) is 0 Å². The number of carbonyl (C=O) groups is 1.